The van der Waals surface area contributed by atoms with Crippen LogP contribution >= 0.6 is 0 Å². The summed E-state index contributed by atoms with van der Waals surface area (Å²) in [7, 11) is 0. The Kier molecular flexibility index (Phi) is 4.31. The lowest BCUT2D eigenvalue weighted by Crippen LogP contribution is -2.17. The standard InChI is InChI=1S/C28H23N3/c1-3-11-21(12-4-1)29-30-25-17-9-16-24-27-23-15-8-7-10-20(23)18-19-26(27)31(28(24)25)22-13-5-2-6-14-22/h1-8,10-15,18-19,29H,9,16-17H2/b30-25+. The summed E-state index contributed by atoms with van der Waals surface area (Å²) >= 11 is 0. The van der Waals surface area contributed by atoms with Gasteiger partial charge in [-0.25, -0.2) is 0 Å². The van der Waals surface area contributed by atoms with Gasteiger partial charge in [0.05, 0.1) is 22.6 Å². The molecule has 1 aliphatic carbocycles. The molecule has 0 atom stereocenters. The molecule has 0 fully saturated rings. The Morgan fingerprint density at radius 2 is 1.45 bits per heavy atom. The molecule has 5 aromatic rings. The van der Waals surface area contributed by atoms with E-state index in [1.54, 1.807) is 0 Å². The highest BCUT2D eigenvalue weighted by Crippen LogP contribution is 2.38. The van der Waals surface area contributed by atoms with Crippen LogP contribution in [-0.2, 0) is 6.42 Å². The number of hydrogen-bond acceptors (Lipinski definition) is 2. The average molecular weight is 402 g/mol. The summed E-state index contributed by atoms with van der Waals surface area (Å²) in [5, 5.41) is 8.88. The van der Waals surface area contributed by atoms with Gasteiger partial charge in [0.15, 0.2) is 0 Å². The third-order valence-corrected chi connectivity index (χ3v) is 6.18. The molecule has 3 heteroatoms. The number of para-hydroxylation sites is 2. The van der Waals surface area contributed by atoms with Gasteiger partial charge in [-0.1, -0.05) is 66.7 Å². The quantitative estimate of drug-likeness (QED) is 0.326. The first kappa shape index (κ1) is 18.0. The largest absolute Gasteiger partial charge is 0.308 e. The zero-order valence-corrected chi connectivity index (χ0v) is 17.3. The molecule has 0 saturated heterocycles. The van der Waals surface area contributed by atoms with Gasteiger partial charge >= 0.3 is 0 Å². The van der Waals surface area contributed by atoms with E-state index in [-0.39, 0.29) is 0 Å². The second-order valence-corrected chi connectivity index (χ2v) is 8.07. The minimum absolute atomic E-state index is 0.966. The molecule has 0 unspecified atom stereocenters. The fraction of sp³-hybridized carbons (Fsp3) is 0.107. The minimum Gasteiger partial charge on any atom is -0.308 e. The number of benzene rings is 4. The molecule has 1 aliphatic rings. The van der Waals surface area contributed by atoms with Crippen molar-refractivity contribution < 1.29 is 0 Å². The van der Waals surface area contributed by atoms with E-state index < -0.39 is 0 Å². The van der Waals surface area contributed by atoms with Gasteiger partial charge in [0.1, 0.15) is 0 Å². The van der Waals surface area contributed by atoms with Gasteiger partial charge in [-0.3, -0.25) is 5.43 Å². The molecule has 150 valence electrons. The maximum absolute atomic E-state index is 4.90. The predicted octanol–water partition coefficient (Wildman–Crippen LogP) is 6.94. The van der Waals surface area contributed by atoms with Crippen LogP contribution < -0.4 is 5.43 Å². The van der Waals surface area contributed by atoms with Crippen LogP contribution in [0.2, 0.25) is 0 Å². The molecule has 1 aromatic heterocycles. The summed E-state index contributed by atoms with van der Waals surface area (Å²) in [4.78, 5) is 0. The molecular formula is C28H23N3. The van der Waals surface area contributed by atoms with E-state index in [9.17, 15) is 0 Å². The molecule has 4 aromatic carbocycles. The average Bonchev–Trinajstić information content (AvgIpc) is 3.19. The number of aromatic nitrogens is 1. The van der Waals surface area contributed by atoms with Crippen LogP contribution in [0.25, 0.3) is 27.4 Å². The monoisotopic (exact) mass is 401 g/mol. The highest BCUT2D eigenvalue weighted by atomic mass is 15.3. The number of aryl methyl sites for hydroxylation is 1. The Labute approximate surface area is 181 Å². The Hall–Kier alpha value is -3.85. The maximum Gasteiger partial charge on any atom is 0.0850 e. The zero-order valence-electron chi connectivity index (χ0n) is 17.3. The van der Waals surface area contributed by atoms with Crippen LogP contribution in [-0.4, -0.2) is 10.3 Å². The lowest BCUT2D eigenvalue weighted by Gasteiger charge is -2.19. The second-order valence-electron chi connectivity index (χ2n) is 8.07. The van der Waals surface area contributed by atoms with Crippen LogP contribution in [0.4, 0.5) is 5.69 Å². The molecule has 0 aliphatic heterocycles. The highest BCUT2D eigenvalue weighted by Gasteiger charge is 2.26. The molecule has 3 nitrogen and oxygen atoms in total. The minimum atomic E-state index is 0.966. The van der Waals surface area contributed by atoms with Gasteiger partial charge in [0, 0.05) is 11.1 Å². The van der Waals surface area contributed by atoms with E-state index in [0.717, 1.165) is 30.7 Å². The predicted molar refractivity (Wildman–Crippen MR) is 130 cm³/mol. The van der Waals surface area contributed by atoms with Crippen LogP contribution in [0, 0.1) is 0 Å². The SMILES string of the molecule is c1ccc(N/N=C2\CCCc3c2n(-c2ccccc2)c2ccc4ccccc4c32)cc1. The van der Waals surface area contributed by atoms with Crippen LogP contribution in [0.15, 0.2) is 102 Å². The molecule has 0 bridgehead atoms. The summed E-state index contributed by atoms with van der Waals surface area (Å²) in [5.74, 6) is 0. The molecule has 0 radical (unpaired) electrons. The Bertz CT molecular complexity index is 1410. The first-order valence-corrected chi connectivity index (χ1v) is 10.9. The Balaban J connectivity index is 1.64. The van der Waals surface area contributed by atoms with Crippen molar-refractivity contribution in [3.63, 3.8) is 0 Å². The summed E-state index contributed by atoms with van der Waals surface area (Å²) in [6.07, 6.45) is 3.15. The van der Waals surface area contributed by atoms with Gasteiger partial charge in [0.25, 0.3) is 0 Å². The van der Waals surface area contributed by atoms with E-state index >= 15 is 0 Å². The fourth-order valence-corrected chi connectivity index (χ4v) is 4.83. The van der Waals surface area contributed by atoms with E-state index in [2.05, 4.69) is 76.7 Å². The van der Waals surface area contributed by atoms with Gasteiger partial charge in [-0.2, -0.15) is 5.10 Å². The van der Waals surface area contributed by atoms with Crippen molar-refractivity contribution in [1.82, 2.24) is 4.57 Å². The number of rotatable bonds is 3. The number of nitrogens with zero attached hydrogens (tertiary/aromatic N) is 2. The molecule has 31 heavy (non-hydrogen) atoms. The summed E-state index contributed by atoms with van der Waals surface area (Å²) in [6.45, 7) is 0. The van der Waals surface area contributed by atoms with E-state index in [1.165, 1.54) is 38.6 Å². The topological polar surface area (TPSA) is 29.3 Å². The lowest BCUT2D eigenvalue weighted by atomic mass is 9.92. The normalized spacial score (nSPS) is 14.8. The van der Waals surface area contributed by atoms with Crippen LogP contribution in [0.5, 0.6) is 0 Å². The van der Waals surface area contributed by atoms with E-state index in [1.807, 2.05) is 30.3 Å². The van der Waals surface area contributed by atoms with Crippen molar-refractivity contribution in [2.24, 2.45) is 5.10 Å². The maximum atomic E-state index is 4.90. The molecule has 1 N–H and O–H groups in total. The van der Waals surface area contributed by atoms with E-state index in [4.69, 9.17) is 5.10 Å². The fourth-order valence-electron chi connectivity index (χ4n) is 4.83. The molecular weight excluding hydrogens is 378 g/mol. The zero-order chi connectivity index (χ0) is 20.6. The van der Waals surface area contributed by atoms with Crippen molar-refractivity contribution in [2.45, 2.75) is 19.3 Å². The third-order valence-electron chi connectivity index (χ3n) is 6.18. The van der Waals surface area contributed by atoms with Gasteiger partial charge in [-0.05, 0) is 65.9 Å². The Morgan fingerprint density at radius 3 is 2.29 bits per heavy atom. The number of nitrogens with one attached hydrogen (secondary N) is 1. The van der Waals surface area contributed by atoms with Crippen molar-refractivity contribution in [1.29, 1.82) is 0 Å². The molecule has 0 spiro atoms. The lowest BCUT2D eigenvalue weighted by molar-refractivity contribution is 0.829. The third kappa shape index (κ3) is 3.01. The van der Waals surface area contributed by atoms with Crippen LogP contribution in [0.3, 0.4) is 0 Å². The smallest absolute Gasteiger partial charge is 0.0850 e. The number of hydrogen-bond donors (Lipinski definition) is 1. The highest BCUT2D eigenvalue weighted by molar-refractivity contribution is 6.15. The van der Waals surface area contributed by atoms with Crippen LogP contribution in [0.1, 0.15) is 24.1 Å². The second kappa shape index (κ2) is 7.44. The summed E-state index contributed by atoms with van der Waals surface area (Å²) in [6, 6.07) is 34.1. The van der Waals surface area contributed by atoms with Crippen molar-refractivity contribution >= 4 is 33.1 Å². The summed E-state index contributed by atoms with van der Waals surface area (Å²) < 4.78 is 2.40. The first-order chi connectivity index (χ1) is 15.4. The van der Waals surface area contributed by atoms with Gasteiger partial charge in [0.2, 0.25) is 0 Å². The summed E-state index contributed by atoms with van der Waals surface area (Å²) in [5.41, 5.74) is 10.5. The number of hydrazone groups is 1. The van der Waals surface area contributed by atoms with Crippen molar-refractivity contribution in [3.8, 4) is 5.69 Å². The molecule has 0 saturated carbocycles. The molecule has 0 amide bonds. The molecule has 6 rings (SSSR count). The number of fused-ring (bicyclic) bond motifs is 5. The van der Waals surface area contributed by atoms with Gasteiger partial charge < -0.3 is 4.57 Å². The Morgan fingerprint density at radius 1 is 0.710 bits per heavy atom. The molecule has 1 heterocycles. The number of anilines is 1. The van der Waals surface area contributed by atoms with E-state index in [0.29, 0.717) is 0 Å². The van der Waals surface area contributed by atoms with Gasteiger partial charge in [-0.15, -0.1) is 0 Å². The van der Waals surface area contributed by atoms with Crippen molar-refractivity contribution in [2.75, 3.05) is 5.43 Å². The van der Waals surface area contributed by atoms with Crippen molar-refractivity contribution in [3.05, 3.63) is 108 Å². The first-order valence-electron chi connectivity index (χ1n) is 10.9.